The number of aromatic nitrogens is 1. The lowest BCUT2D eigenvalue weighted by Crippen LogP contribution is -2.12. The molecule has 25 heavy (non-hydrogen) atoms. The van der Waals surface area contributed by atoms with Gasteiger partial charge in [-0.15, -0.1) is 11.3 Å². The molecule has 1 aromatic carbocycles. The Morgan fingerprint density at radius 1 is 1.00 bits per heavy atom. The van der Waals surface area contributed by atoms with Crippen molar-refractivity contribution in [3.63, 3.8) is 0 Å². The smallest absolute Gasteiger partial charge is 0.272 e. The summed E-state index contributed by atoms with van der Waals surface area (Å²) in [6.45, 7) is 0. The molecule has 130 valence electrons. The van der Waals surface area contributed by atoms with E-state index in [1.54, 1.807) is 35.8 Å². The van der Waals surface area contributed by atoms with Gasteiger partial charge in [0.15, 0.2) is 0 Å². The zero-order chi connectivity index (χ0) is 17.9. The summed E-state index contributed by atoms with van der Waals surface area (Å²) in [5.41, 5.74) is 2.82. The van der Waals surface area contributed by atoms with Crippen LogP contribution < -0.4 is 14.9 Å². The summed E-state index contributed by atoms with van der Waals surface area (Å²) in [5.74, 6) is 0.280. The molecule has 0 aliphatic heterocycles. The molecule has 2 heterocycles. The van der Waals surface area contributed by atoms with Crippen molar-refractivity contribution in [2.45, 2.75) is 4.21 Å². The molecule has 0 bridgehead atoms. The Morgan fingerprint density at radius 3 is 2.28 bits per heavy atom. The monoisotopic (exact) mass is 374 g/mol. The van der Waals surface area contributed by atoms with Gasteiger partial charge in [-0.05, 0) is 47.8 Å². The lowest BCUT2D eigenvalue weighted by atomic mass is 10.2. The van der Waals surface area contributed by atoms with Gasteiger partial charge in [-0.25, -0.2) is 13.4 Å². The van der Waals surface area contributed by atoms with E-state index in [1.807, 2.05) is 43.3 Å². The van der Waals surface area contributed by atoms with Crippen LogP contribution >= 0.6 is 11.3 Å². The second-order valence-corrected chi connectivity index (χ2v) is 8.39. The summed E-state index contributed by atoms with van der Waals surface area (Å²) < 4.78 is 27.1. The van der Waals surface area contributed by atoms with Crippen LogP contribution in [0.25, 0.3) is 0 Å². The van der Waals surface area contributed by atoms with Crippen molar-refractivity contribution in [3.8, 4) is 0 Å². The Labute approximate surface area is 151 Å². The van der Waals surface area contributed by atoms with Gasteiger partial charge in [0.2, 0.25) is 0 Å². The van der Waals surface area contributed by atoms with E-state index in [2.05, 4.69) is 15.0 Å². The van der Waals surface area contributed by atoms with Gasteiger partial charge in [-0.2, -0.15) is 0 Å². The zero-order valence-corrected chi connectivity index (χ0v) is 15.4. The molecule has 0 atom stereocenters. The van der Waals surface area contributed by atoms with Crippen LogP contribution in [0.1, 0.15) is 0 Å². The van der Waals surface area contributed by atoms with Gasteiger partial charge >= 0.3 is 0 Å². The highest BCUT2D eigenvalue weighted by atomic mass is 32.2. The highest BCUT2D eigenvalue weighted by Crippen LogP contribution is 2.22. The van der Waals surface area contributed by atoms with Crippen molar-refractivity contribution in [1.82, 2.24) is 4.98 Å². The quantitative estimate of drug-likeness (QED) is 0.687. The van der Waals surface area contributed by atoms with Gasteiger partial charge in [0, 0.05) is 25.5 Å². The molecule has 0 aliphatic rings. The second-order valence-electron chi connectivity index (χ2n) is 5.54. The Morgan fingerprint density at radius 2 is 1.72 bits per heavy atom. The SMILES string of the molecule is CN(C)c1ccc(Nc2ccc(NS(=O)(=O)c3cccs3)nc2)cc1. The summed E-state index contributed by atoms with van der Waals surface area (Å²) in [6, 6.07) is 14.6. The fraction of sp³-hybridized carbons (Fsp3) is 0.118. The van der Waals surface area contributed by atoms with Crippen LogP contribution in [0.4, 0.5) is 22.9 Å². The van der Waals surface area contributed by atoms with E-state index < -0.39 is 10.0 Å². The highest BCUT2D eigenvalue weighted by molar-refractivity contribution is 7.94. The topological polar surface area (TPSA) is 74.3 Å². The Kier molecular flexibility index (Phi) is 4.91. The van der Waals surface area contributed by atoms with Gasteiger partial charge in [0.05, 0.1) is 11.9 Å². The third-order valence-corrected chi connectivity index (χ3v) is 6.19. The molecule has 0 unspecified atom stereocenters. The molecular weight excluding hydrogens is 356 g/mol. The van der Waals surface area contributed by atoms with Gasteiger partial charge in [0.1, 0.15) is 10.0 Å². The molecule has 6 nitrogen and oxygen atoms in total. The number of pyridine rings is 1. The number of benzene rings is 1. The van der Waals surface area contributed by atoms with Crippen molar-refractivity contribution in [2.75, 3.05) is 29.0 Å². The number of hydrogen-bond acceptors (Lipinski definition) is 6. The fourth-order valence-corrected chi connectivity index (χ4v) is 4.14. The number of anilines is 4. The number of nitrogens with one attached hydrogen (secondary N) is 2. The molecule has 0 saturated carbocycles. The molecule has 0 fully saturated rings. The van der Waals surface area contributed by atoms with Crippen molar-refractivity contribution < 1.29 is 8.42 Å². The molecule has 2 N–H and O–H groups in total. The number of sulfonamides is 1. The molecule has 8 heteroatoms. The standard InChI is InChI=1S/C17H18N4O2S2/c1-21(2)15-8-5-13(6-9-15)19-14-7-10-16(18-12-14)20-25(22,23)17-4-3-11-24-17/h3-12,19H,1-2H3,(H,18,20). The van der Waals surface area contributed by atoms with Crippen molar-refractivity contribution in [2.24, 2.45) is 0 Å². The van der Waals surface area contributed by atoms with E-state index in [1.165, 1.54) is 0 Å². The average Bonchev–Trinajstić information content (AvgIpc) is 3.12. The molecule has 3 rings (SSSR count). The van der Waals surface area contributed by atoms with Crippen LogP contribution in [-0.2, 0) is 10.0 Å². The van der Waals surface area contributed by atoms with E-state index in [9.17, 15) is 8.42 Å². The van der Waals surface area contributed by atoms with Crippen LogP contribution in [0.5, 0.6) is 0 Å². The molecule has 3 aromatic rings. The van der Waals surface area contributed by atoms with Gasteiger partial charge in [-0.3, -0.25) is 4.72 Å². The summed E-state index contributed by atoms with van der Waals surface area (Å²) in [4.78, 5) is 6.19. The number of hydrogen-bond donors (Lipinski definition) is 2. The minimum absolute atomic E-state index is 0.262. The first-order valence-electron chi connectivity index (χ1n) is 7.51. The molecule has 0 radical (unpaired) electrons. The largest absolute Gasteiger partial charge is 0.378 e. The molecule has 0 aliphatic carbocycles. The number of nitrogens with zero attached hydrogens (tertiary/aromatic N) is 2. The maximum absolute atomic E-state index is 12.2. The zero-order valence-electron chi connectivity index (χ0n) is 13.8. The third kappa shape index (κ3) is 4.28. The Balaban J connectivity index is 1.68. The first-order chi connectivity index (χ1) is 11.9. The van der Waals surface area contributed by atoms with Gasteiger partial charge in [0.25, 0.3) is 10.0 Å². The van der Waals surface area contributed by atoms with E-state index in [0.717, 1.165) is 28.4 Å². The summed E-state index contributed by atoms with van der Waals surface area (Å²) in [6.07, 6.45) is 1.59. The molecule has 0 amide bonds. The Hall–Kier alpha value is -2.58. The summed E-state index contributed by atoms with van der Waals surface area (Å²) in [7, 11) is 0.403. The lowest BCUT2D eigenvalue weighted by Gasteiger charge is -2.13. The van der Waals surface area contributed by atoms with Crippen LogP contribution in [0.2, 0.25) is 0 Å². The van der Waals surface area contributed by atoms with E-state index >= 15 is 0 Å². The molecular formula is C17H18N4O2S2. The predicted molar refractivity (Wildman–Crippen MR) is 103 cm³/mol. The molecule has 0 spiro atoms. The second kappa shape index (κ2) is 7.12. The van der Waals surface area contributed by atoms with Crippen molar-refractivity contribution in [3.05, 3.63) is 60.1 Å². The van der Waals surface area contributed by atoms with Gasteiger partial charge < -0.3 is 10.2 Å². The normalized spacial score (nSPS) is 11.1. The van der Waals surface area contributed by atoms with Crippen LogP contribution in [-0.4, -0.2) is 27.5 Å². The minimum Gasteiger partial charge on any atom is -0.378 e. The summed E-state index contributed by atoms with van der Waals surface area (Å²) >= 11 is 1.16. The molecule has 2 aromatic heterocycles. The third-order valence-electron chi connectivity index (χ3n) is 3.43. The van der Waals surface area contributed by atoms with Crippen LogP contribution in [0, 0.1) is 0 Å². The lowest BCUT2D eigenvalue weighted by molar-refractivity contribution is 0.603. The maximum Gasteiger partial charge on any atom is 0.272 e. The first kappa shape index (κ1) is 17.2. The molecule has 0 saturated heterocycles. The first-order valence-corrected chi connectivity index (χ1v) is 9.87. The number of thiophene rings is 1. The van der Waals surface area contributed by atoms with Gasteiger partial charge in [-0.1, -0.05) is 6.07 Å². The van der Waals surface area contributed by atoms with E-state index in [4.69, 9.17) is 0 Å². The van der Waals surface area contributed by atoms with Crippen molar-refractivity contribution >= 4 is 44.2 Å². The number of rotatable bonds is 6. The van der Waals surface area contributed by atoms with Crippen molar-refractivity contribution in [1.29, 1.82) is 0 Å². The Bertz CT molecular complexity index is 920. The van der Waals surface area contributed by atoms with Crippen LogP contribution in [0.3, 0.4) is 0 Å². The highest BCUT2D eigenvalue weighted by Gasteiger charge is 2.15. The predicted octanol–water partition coefficient (Wildman–Crippen LogP) is 3.75. The maximum atomic E-state index is 12.2. The average molecular weight is 374 g/mol. The fourth-order valence-electron chi connectivity index (χ4n) is 2.14. The minimum atomic E-state index is -3.57. The van der Waals surface area contributed by atoms with Crippen LogP contribution in [0.15, 0.2) is 64.3 Å². The van der Waals surface area contributed by atoms with E-state index in [0.29, 0.717) is 0 Å². The van der Waals surface area contributed by atoms with E-state index in [-0.39, 0.29) is 10.0 Å². The summed E-state index contributed by atoms with van der Waals surface area (Å²) in [5, 5.41) is 4.95.